The molecule has 0 saturated heterocycles. The minimum atomic E-state index is -4.10. The molecule has 0 fully saturated rings. The van der Waals surface area contributed by atoms with Gasteiger partial charge in [0.15, 0.2) is 0 Å². The van der Waals surface area contributed by atoms with Crippen LogP contribution in [0.15, 0.2) is 41.3 Å². The van der Waals surface area contributed by atoms with Crippen LogP contribution in [0, 0.1) is 5.82 Å². The summed E-state index contributed by atoms with van der Waals surface area (Å²) in [6, 6.07) is 6.69. The quantitative estimate of drug-likeness (QED) is 0.868. The Labute approximate surface area is 135 Å². The molecule has 0 saturated carbocycles. The molecule has 0 aliphatic carbocycles. The van der Waals surface area contributed by atoms with Gasteiger partial charge in [0.2, 0.25) is 0 Å². The molecule has 0 aliphatic rings. The highest BCUT2D eigenvalue weighted by Gasteiger charge is 2.20. The summed E-state index contributed by atoms with van der Waals surface area (Å²) in [7, 11) is -4.10. The van der Waals surface area contributed by atoms with Crippen molar-refractivity contribution in [1.82, 2.24) is 0 Å². The maximum Gasteiger partial charge on any atom is 0.338 e. The van der Waals surface area contributed by atoms with E-state index in [2.05, 4.69) is 4.72 Å². The predicted octanol–water partition coefficient (Wildman–Crippen LogP) is 3.63. The SMILES string of the molecule is O=C(O)c1cc(NS(=O)(=O)c2cc(Cl)ccc2Cl)ccc1F. The van der Waals surface area contributed by atoms with Crippen LogP contribution in [0.5, 0.6) is 0 Å². The van der Waals surface area contributed by atoms with E-state index < -0.39 is 27.4 Å². The number of halogens is 3. The summed E-state index contributed by atoms with van der Waals surface area (Å²) in [5, 5.41) is 8.93. The van der Waals surface area contributed by atoms with Crippen molar-refractivity contribution in [1.29, 1.82) is 0 Å². The van der Waals surface area contributed by atoms with E-state index in [0.717, 1.165) is 24.3 Å². The Morgan fingerprint density at radius 3 is 2.45 bits per heavy atom. The second-order valence-electron chi connectivity index (χ2n) is 4.18. The van der Waals surface area contributed by atoms with Gasteiger partial charge in [-0.15, -0.1) is 0 Å². The molecule has 0 radical (unpaired) electrons. The molecule has 2 rings (SSSR count). The van der Waals surface area contributed by atoms with Gasteiger partial charge < -0.3 is 5.11 Å². The number of carbonyl (C=O) groups is 1. The average Bonchev–Trinajstić information content (AvgIpc) is 2.43. The summed E-state index contributed by atoms with van der Waals surface area (Å²) in [4.78, 5) is 10.6. The second kappa shape index (κ2) is 6.12. The Hall–Kier alpha value is -1.83. The third-order valence-corrected chi connectivity index (χ3v) is 4.73. The molecule has 0 unspecified atom stereocenters. The van der Waals surface area contributed by atoms with Gasteiger partial charge in [0.05, 0.1) is 10.6 Å². The first kappa shape index (κ1) is 16.5. The monoisotopic (exact) mass is 363 g/mol. The average molecular weight is 364 g/mol. The Kier molecular flexibility index (Phi) is 4.60. The minimum absolute atomic E-state index is 0.0579. The molecule has 0 spiro atoms. The molecular weight excluding hydrogens is 356 g/mol. The molecule has 2 aromatic rings. The number of sulfonamides is 1. The second-order valence-corrected chi connectivity index (χ2v) is 6.67. The Morgan fingerprint density at radius 2 is 1.82 bits per heavy atom. The van der Waals surface area contributed by atoms with Crippen LogP contribution in [0.3, 0.4) is 0 Å². The van der Waals surface area contributed by atoms with E-state index >= 15 is 0 Å². The highest BCUT2D eigenvalue weighted by Crippen LogP contribution is 2.27. The van der Waals surface area contributed by atoms with Crippen molar-refractivity contribution in [3.63, 3.8) is 0 Å². The molecule has 5 nitrogen and oxygen atoms in total. The normalized spacial score (nSPS) is 11.2. The zero-order valence-electron chi connectivity index (χ0n) is 10.7. The van der Waals surface area contributed by atoms with Crippen LogP contribution in [0.25, 0.3) is 0 Å². The van der Waals surface area contributed by atoms with Crippen LogP contribution < -0.4 is 4.72 Å². The third-order valence-electron chi connectivity index (χ3n) is 2.63. The number of carboxylic acid groups (broad SMARTS) is 1. The molecule has 0 amide bonds. The Bertz CT molecular complexity index is 855. The van der Waals surface area contributed by atoms with Gasteiger partial charge in [0.1, 0.15) is 10.7 Å². The van der Waals surface area contributed by atoms with E-state index in [1.54, 1.807) is 0 Å². The highest BCUT2D eigenvalue weighted by molar-refractivity contribution is 7.92. The molecule has 0 atom stereocenters. The summed E-state index contributed by atoms with van der Waals surface area (Å²) >= 11 is 11.6. The van der Waals surface area contributed by atoms with E-state index in [-0.39, 0.29) is 20.6 Å². The number of nitrogens with one attached hydrogen (secondary N) is 1. The number of hydrogen-bond donors (Lipinski definition) is 2. The van der Waals surface area contributed by atoms with Crippen LogP contribution in [0.4, 0.5) is 10.1 Å². The standard InChI is InChI=1S/C13H8Cl2FNO4S/c14-7-1-3-10(15)12(5-7)22(20,21)17-8-2-4-11(16)9(6-8)13(18)19/h1-6,17H,(H,18,19). The molecule has 0 bridgehead atoms. The van der Waals surface area contributed by atoms with Crippen molar-refractivity contribution in [3.8, 4) is 0 Å². The first-order valence-corrected chi connectivity index (χ1v) is 7.95. The smallest absolute Gasteiger partial charge is 0.338 e. The summed E-state index contributed by atoms with van der Waals surface area (Å²) in [6.45, 7) is 0. The molecule has 0 aromatic heterocycles. The number of aromatic carboxylic acids is 1. The van der Waals surface area contributed by atoms with Crippen LogP contribution in [-0.2, 0) is 10.0 Å². The third kappa shape index (κ3) is 3.49. The molecule has 0 heterocycles. The van der Waals surface area contributed by atoms with Gasteiger partial charge >= 0.3 is 5.97 Å². The molecule has 116 valence electrons. The van der Waals surface area contributed by atoms with Crippen LogP contribution in [0.1, 0.15) is 10.4 Å². The summed E-state index contributed by atoms with van der Waals surface area (Å²) < 4.78 is 39.9. The summed E-state index contributed by atoms with van der Waals surface area (Å²) in [5.74, 6) is -2.49. The van der Waals surface area contributed by atoms with E-state index in [1.165, 1.54) is 12.1 Å². The lowest BCUT2D eigenvalue weighted by molar-refractivity contribution is 0.0692. The summed E-state index contributed by atoms with van der Waals surface area (Å²) in [5.41, 5.74) is -0.771. The maximum atomic E-state index is 13.3. The number of anilines is 1. The van der Waals surface area contributed by atoms with E-state index in [4.69, 9.17) is 28.3 Å². The van der Waals surface area contributed by atoms with Crippen molar-refractivity contribution >= 4 is 44.9 Å². The van der Waals surface area contributed by atoms with Crippen LogP contribution in [0.2, 0.25) is 10.0 Å². The number of carboxylic acids is 1. The lowest BCUT2D eigenvalue weighted by atomic mass is 10.2. The first-order valence-electron chi connectivity index (χ1n) is 5.71. The van der Waals surface area contributed by atoms with E-state index in [0.29, 0.717) is 0 Å². The zero-order valence-corrected chi connectivity index (χ0v) is 13.0. The Morgan fingerprint density at radius 1 is 1.14 bits per heavy atom. The molecule has 2 aromatic carbocycles. The van der Waals surface area contributed by atoms with Gasteiger partial charge in [-0.05, 0) is 36.4 Å². The maximum absolute atomic E-state index is 13.3. The van der Waals surface area contributed by atoms with Crippen LogP contribution in [-0.4, -0.2) is 19.5 Å². The first-order chi connectivity index (χ1) is 10.2. The summed E-state index contributed by atoms with van der Waals surface area (Å²) in [6.07, 6.45) is 0. The van der Waals surface area contributed by atoms with Gasteiger partial charge in [-0.1, -0.05) is 23.2 Å². The fourth-order valence-electron chi connectivity index (χ4n) is 1.65. The number of hydrogen-bond acceptors (Lipinski definition) is 3. The molecule has 0 aliphatic heterocycles. The predicted molar refractivity (Wildman–Crippen MR) is 80.6 cm³/mol. The minimum Gasteiger partial charge on any atom is -0.478 e. The number of rotatable bonds is 4. The van der Waals surface area contributed by atoms with E-state index in [1.807, 2.05) is 0 Å². The molecule has 2 N–H and O–H groups in total. The zero-order chi connectivity index (χ0) is 16.5. The van der Waals surface area contributed by atoms with E-state index in [9.17, 15) is 17.6 Å². The number of benzene rings is 2. The fraction of sp³-hybridized carbons (Fsp3) is 0. The topological polar surface area (TPSA) is 83.5 Å². The fourth-order valence-corrected chi connectivity index (χ4v) is 3.46. The van der Waals surface area contributed by atoms with Crippen molar-refractivity contribution in [2.24, 2.45) is 0 Å². The van der Waals surface area contributed by atoms with Gasteiger partial charge in [0.25, 0.3) is 10.0 Å². The van der Waals surface area contributed by atoms with Gasteiger partial charge in [-0.25, -0.2) is 17.6 Å². The highest BCUT2D eigenvalue weighted by atomic mass is 35.5. The van der Waals surface area contributed by atoms with Gasteiger partial charge in [0, 0.05) is 10.7 Å². The Balaban J connectivity index is 2.43. The lowest BCUT2D eigenvalue weighted by Crippen LogP contribution is -2.14. The van der Waals surface area contributed by atoms with Crippen molar-refractivity contribution in [2.45, 2.75) is 4.90 Å². The lowest BCUT2D eigenvalue weighted by Gasteiger charge is -2.10. The van der Waals surface area contributed by atoms with Crippen molar-refractivity contribution in [2.75, 3.05) is 4.72 Å². The van der Waals surface area contributed by atoms with Crippen molar-refractivity contribution < 1.29 is 22.7 Å². The van der Waals surface area contributed by atoms with Crippen molar-refractivity contribution in [3.05, 3.63) is 57.8 Å². The molecule has 9 heteroatoms. The van der Waals surface area contributed by atoms with Crippen LogP contribution >= 0.6 is 23.2 Å². The largest absolute Gasteiger partial charge is 0.478 e. The molecular formula is C13H8Cl2FNO4S. The van der Waals surface area contributed by atoms with Gasteiger partial charge in [-0.2, -0.15) is 0 Å². The van der Waals surface area contributed by atoms with Gasteiger partial charge in [-0.3, -0.25) is 4.72 Å². The molecule has 22 heavy (non-hydrogen) atoms.